The van der Waals surface area contributed by atoms with Gasteiger partial charge in [-0.3, -0.25) is 9.59 Å². The quantitative estimate of drug-likeness (QED) is 0.0718. The molecule has 0 fully saturated rings. The first-order valence-electron chi connectivity index (χ1n) is 11.6. The van der Waals surface area contributed by atoms with E-state index in [0.29, 0.717) is 65.9 Å². The first kappa shape index (κ1) is 33.3. The summed E-state index contributed by atoms with van der Waals surface area (Å²) in [6.45, 7) is 4.71. The molecule has 0 saturated heterocycles. The zero-order chi connectivity index (χ0) is 26.5. The summed E-state index contributed by atoms with van der Waals surface area (Å²) in [7, 11) is 0. The molecule has 0 aromatic carbocycles. The van der Waals surface area contributed by atoms with Gasteiger partial charge in [-0.15, -0.1) is 0 Å². The van der Waals surface area contributed by atoms with Crippen LogP contribution in [0, 0.1) is 0 Å². The fraction of sp³-hybridized carbons (Fsp3) is 0.900. The molecule has 0 aliphatic carbocycles. The molecule has 1 N–H and O–H groups in total. The Labute approximate surface area is 209 Å². The van der Waals surface area contributed by atoms with Crippen molar-refractivity contribution >= 4 is 11.9 Å². The van der Waals surface area contributed by atoms with Crippen LogP contribution >= 0.6 is 0 Å². The minimum absolute atomic E-state index is 0.0681. The summed E-state index contributed by atoms with van der Waals surface area (Å²) in [6.07, 6.45) is 0.0987. The Bertz CT molecular complexity index is 625. The van der Waals surface area contributed by atoms with Crippen LogP contribution in [0.4, 0.5) is 0 Å². The van der Waals surface area contributed by atoms with E-state index in [1.54, 1.807) is 4.90 Å². The second-order valence-corrected chi connectivity index (χ2v) is 6.86. The third-order valence-electron chi connectivity index (χ3n) is 4.20. The first-order chi connectivity index (χ1) is 17.6. The smallest absolute Gasteiger partial charge is 0.305 e. The maximum absolute atomic E-state index is 12.6. The summed E-state index contributed by atoms with van der Waals surface area (Å²) in [5.41, 5.74) is 16.4. The van der Waals surface area contributed by atoms with Crippen molar-refractivity contribution < 1.29 is 43.1 Å². The highest BCUT2D eigenvalue weighted by Gasteiger charge is 2.13. The van der Waals surface area contributed by atoms with Gasteiger partial charge in [0, 0.05) is 36.0 Å². The molecular formula is C20H37N7O9. The molecule has 0 radical (unpaired) electrons. The van der Waals surface area contributed by atoms with Crippen LogP contribution in [-0.2, 0) is 38.0 Å². The van der Waals surface area contributed by atoms with Gasteiger partial charge in [0.05, 0.1) is 92.1 Å². The number of carboxylic acid groups (broad SMARTS) is 1. The average Bonchev–Trinajstić information content (AvgIpc) is 2.86. The number of azide groups is 2. The van der Waals surface area contributed by atoms with Crippen molar-refractivity contribution in [3.8, 4) is 0 Å². The van der Waals surface area contributed by atoms with Crippen LogP contribution in [0.5, 0.6) is 0 Å². The highest BCUT2D eigenvalue weighted by atomic mass is 16.5. The SMILES string of the molecule is [N-]=[N+]=NCCOCCOCCN(CCOCCOCCN=[N+]=[N-])C(=O)CCOCCOCCC(=O)O. The number of rotatable bonds is 27. The summed E-state index contributed by atoms with van der Waals surface area (Å²) in [6, 6.07) is 0. The van der Waals surface area contributed by atoms with Crippen molar-refractivity contribution in [2.45, 2.75) is 12.8 Å². The van der Waals surface area contributed by atoms with Crippen molar-refractivity contribution in [1.82, 2.24) is 4.90 Å². The van der Waals surface area contributed by atoms with Crippen molar-refractivity contribution in [3.05, 3.63) is 20.9 Å². The summed E-state index contributed by atoms with van der Waals surface area (Å²) < 4.78 is 32.0. The zero-order valence-corrected chi connectivity index (χ0v) is 20.6. The van der Waals surface area contributed by atoms with Gasteiger partial charge >= 0.3 is 5.97 Å². The van der Waals surface area contributed by atoms with Gasteiger partial charge in [-0.2, -0.15) is 0 Å². The van der Waals surface area contributed by atoms with Crippen molar-refractivity contribution in [2.75, 3.05) is 105 Å². The minimum atomic E-state index is -0.926. The molecule has 0 aliphatic rings. The van der Waals surface area contributed by atoms with E-state index in [0.717, 1.165) is 0 Å². The normalized spacial score (nSPS) is 10.4. The molecule has 0 rings (SSSR count). The van der Waals surface area contributed by atoms with E-state index in [4.69, 9.17) is 44.6 Å². The van der Waals surface area contributed by atoms with Gasteiger partial charge in [-0.1, -0.05) is 10.2 Å². The minimum Gasteiger partial charge on any atom is -0.481 e. The lowest BCUT2D eigenvalue weighted by atomic mass is 10.3. The summed E-state index contributed by atoms with van der Waals surface area (Å²) >= 11 is 0. The van der Waals surface area contributed by atoms with Gasteiger partial charge in [-0.05, 0) is 11.1 Å². The van der Waals surface area contributed by atoms with E-state index in [2.05, 4.69) is 20.1 Å². The second-order valence-electron chi connectivity index (χ2n) is 6.86. The Morgan fingerprint density at radius 1 is 0.611 bits per heavy atom. The number of carboxylic acids is 1. The van der Waals surface area contributed by atoms with Gasteiger partial charge in [-0.25, -0.2) is 0 Å². The molecule has 1 amide bonds. The molecular weight excluding hydrogens is 482 g/mol. The molecule has 206 valence electrons. The number of ether oxygens (including phenoxy) is 6. The van der Waals surface area contributed by atoms with E-state index < -0.39 is 5.97 Å². The maximum atomic E-state index is 12.6. The largest absolute Gasteiger partial charge is 0.481 e. The third kappa shape index (κ3) is 24.4. The Morgan fingerprint density at radius 2 is 1.00 bits per heavy atom. The van der Waals surface area contributed by atoms with Crippen LogP contribution in [0.3, 0.4) is 0 Å². The van der Waals surface area contributed by atoms with Crippen LogP contribution in [-0.4, -0.2) is 127 Å². The van der Waals surface area contributed by atoms with Crippen molar-refractivity contribution in [2.24, 2.45) is 10.2 Å². The molecule has 0 spiro atoms. The number of carbonyl (C=O) groups is 2. The van der Waals surface area contributed by atoms with Gasteiger partial charge < -0.3 is 38.4 Å². The van der Waals surface area contributed by atoms with E-state index in [9.17, 15) is 9.59 Å². The molecule has 0 aliphatic heterocycles. The molecule has 36 heavy (non-hydrogen) atoms. The summed E-state index contributed by atoms with van der Waals surface area (Å²) in [5, 5.41) is 15.3. The molecule has 0 atom stereocenters. The molecule has 0 heterocycles. The summed E-state index contributed by atoms with van der Waals surface area (Å²) in [5.74, 6) is -1.05. The molecule has 0 aromatic heterocycles. The van der Waals surface area contributed by atoms with Crippen LogP contribution in [0.2, 0.25) is 0 Å². The number of aliphatic carboxylic acids is 1. The predicted molar refractivity (Wildman–Crippen MR) is 126 cm³/mol. The monoisotopic (exact) mass is 519 g/mol. The lowest BCUT2D eigenvalue weighted by Gasteiger charge is -2.23. The maximum Gasteiger partial charge on any atom is 0.305 e. The van der Waals surface area contributed by atoms with Crippen LogP contribution in [0.25, 0.3) is 20.9 Å². The Kier molecular flexibility index (Phi) is 24.9. The third-order valence-corrected chi connectivity index (χ3v) is 4.20. The van der Waals surface area contributed by atoms with E-state index >= 15 is 0 Å². The Hall–Kier alpha value is -2.68. The molecule has 0 bridgehead atoms. The predicted octanol–water partition coefficient (Wildman–Crippen LogP) is 1.40. The number of nitrogens with zero attached hydrogens (tertiary/aromatic N) is 7. The molecule has 0 saturated carbocycles. The number of hydrogen-bond acceptors (Lipinski definition) is 10. The van der Waals surface area contributed by atoms with Crippen molar-refractivity contribution in [1.29, 1.82) is 0 Å². The van der Waals surface area contributed by atoms with Crippen LogP contribution < -0.4 is 0 Å². The molecule has 16 nitrogen and oxygen atoms in total. The molecule has 16 heteroatoms. The average molecular weight is 520 g/mol. The van der Waals surface area contributed by atoms with Gasteiger partial charge in [0.15, 0.2) is 0 Å². The highest BCUT2D eigenvalue weighted by Crippen LogP contribution is 1.98. The molecule has 0 unspecified atom stereocenters. The Balaban J connectivity index is 4.13. The lowest BCUT2D eigenvalue weighted by Crippen LogP contribution is -2.37. The van der Waals surface area contributed by atoms with Gasteiger partial charge in [0.25, 0.3) is 0 Å². The van der Waals surface area contributed by atoms with E-state index in [-0.39, 0.29) is 58.3 Å². The van der Waals surface area contributed by atoms with E-state index in [1.807, 2.05) is 0 Å². The van der Waals surface area contributed by atoms with Gasteiger partial charge in [0.1, 0.15) is 0 Å². The number of amides is 1. The fourth-order valence-corrected chi connectivity index (χ4v) is 2.45. The summed E-state index contributed by atoms with van der Waals surface area (Å²) in [4.78, 5) is 29.9. The second kappa shape index (κ2) is 26.9. The topological polar surface area (TPSA) is 211 Å². The standard InChI is InChI=1S/C20H37N7O9/c21-25-23-3-9-33-15-17-35-11-5-27(6-12-36-18-16-34-10-4-24-26-22)19(28)1-7-31-13-14-32-8-2-20(29)30/h1-18H2,(H,29,30). The number of hydrogen-bond donors (Lipinski definition) is 1. The fourth-order valence-electron chi connectivity index (χ4n) is 2.45. The lowest BCUT2D eigenvalue weighted by molar-refractivity contribution is -0.138. The highest BCUT2D eigenvalue weighted by molar-refractivity contribution is 5.76. The number of carbonyl (C=O) groups excluding carboxylic acids is 1. The van der Waals surface area contributed by atoms with Gasteiger partial charge in [0.2, 0.25) is 5.91 Å². The molecule has 0 aromatic rings. The van der Waals surface area contributed by atoms with Crippen LogP contribution in [0.1, 0.15) is 12.8 Å². The van der Waals surface area contributed by atoms with Crippen LogP contribution in [0.15, 0.2) is 10.2 Å². The first-order valence-corrected chi connectivity index (χ1v) is 11.6. The van der Waals surface area contributed by atoms with Crippen molar-refractivity contribution in [3.63, 3.8) is 0 Å². The van der Waals surface area contributed by atoms with E-state index in [1.165, 1.54) is 0 Å². The Morgan fingerprint density at radius 3 is 1.42 bits per heavy atom. The zero-order valence-electron chi connectivity index (χ0n) is 20.6.